The van der Waals surface area contributed by atoms with Crippen molar-refractivity contribution in [3.05, 3.63) is 51.8 Å². The number of aromatic amines is 1. The first-order valence-corrected chi connectivity index (χ1v) is 10.8. The Kier molecular flexibility index (Phi) is 5.41. The van der Waals surface area contributed by atoms with E-state index in [1.807, 2.05) is 30.0 Å². The number of piperidine rings is 1. The molecule has 7 heteroatoms. The van der Waals surface area contributed by atoms with Crippen molar-refractivity contribution in [2.45, 2.75) is 39.5 Å². The van der Waals surface area contributed by atoms with Gasteiger partial charge in [-0.25, -0.2) is 9.78 Å². The molecule has 6 nitrogen and oxygen atoms in total. The fraction of sp³-hybridized carbons (Fsp3) is 0.409. The SMILES string of the molecule is CCOC(=O)c1[nH]c(C)c(C(=O)N2CCC[C@H](c3nc4ccccc4s3)C2)c1C. The lowest BCUT2D eigenvalue weighted by atomic mass is 9.97. The van der Waals surface area contributed by atoms with Gasteiger partial charge in [0.1, 0.15) is 5.69 Å². The first-order chi connectivity index (χ1) is 14.0. The van der Waals surface area contributed by atoms with Crippen LogP contribution in [0.3, 0.4) is 0 Å². The van der Waals surface area contributed by atoms with Crippen LogP contribution in [0.25, 0.3) is 10.2 Å². The number of amides is 1. The van der Waals surface area contributed by atoms with Gasteiger partial charge in [-0.05, 0) is 51.3 Å². The van der Waals surface area contributed by atoms with Gasteiger partial charge in [0, 0.05) is 24.7 Å². The largest absolute Gasteiger partial charge is 0.461 e. The third-order valence-corrected chi connectivity index (χ3v) is 6.70. The minimum absolute atomic E-state index is 0.0300. The highest BCUT2D eigenvalue weighted by Crippen LogP contribution is 2.34. The lowest BCUT2D eigenvalue weighted by Crippen LogP contribution is -2.39. The van der Waals surface area contributed by atoms with Crippen molar-refractivity contribution in [3.63, 3.8) is 0 Å². The van der Waals surface area contributed by atoms with Crippen LogP contribution in [0.1, 0.15) is 62.8 Å². The molecule has 1 saturated heterocycles. The number of H-pyrrole nitrogens is 1. The van der Waals surface area contributed by atoms with Crippen molar-refractivity contribution in [1.29, 1.82) is 0 Å². The van der Waals surface area contributed by atoms with Gasteiger partial charge in [-0.1, -0.05) is 12.1 Å². The molecule has 0 radical (unpaired) electrons. The predicted octanol–water partition coefficient (Wildman–Crippen LogP) is 4.44. The number of nitrogens with one attached hydrogen (secondary N) is 1. The molecule has 3 heterocycles. The molecule has 0 aliphatic carbocycles. The monoisotopic (exact) mass is 411 g/mol. The smallest absolute Gasteiger partial charge is 0.355 e. The molecule has 3 aromatic rings. The van der Waals surface area contributed by atoms with E-state index in [9.17, 15) is 9.59 Å². The Hall–Kier alpha value is -2.67. The minimum Gasteiger partial charge on any atom is -0.461 e. The highest BCUT2D eigenvalue weighted by atomic mass is 32.1. The molecule has 1 aliphatic heterocycles. The van der Waals surface area contributed by atoms with Crippen molar-refractivity contribution >= 4 is 33.4 Å². The van der Waals surface area contributed by atoms with Crippen LogP contribution >= 0.6 is 11.3 Å². The van der Waals surface area contributed by atoms with E-state index in [1.54, 1.807) is 25.2 Å². The zero-order chi connectivity index (χ0) is 20.5. The number of hydrogen-bond acceptors (Lipinski definition) is 5. The van der Waals surface area contributed by atoms with E-state index in [0.29, 0.717) is 35.7 Å². The van der Waals surface area contributed by atoms with Gasteiger partial charge in [0.2, 0.25) is 0 Å². The number of aromatic nitrogens is 2. The number of ether oxygens (including phenoxy) is 1. The van der Waals surface area contributed by atoms with Gasteiger partial charge in [0.25, 0.3) is 5.91 Å². The van der Waals surface area contributed by atoms with Crippen LogP contribution in [-0.2, 0) is 4.74 Å². The standard InChI is InChI=1S/C22H25N3O3S/c1-4-28-22(27)19-13(2)18(14(3)23-19)21(26)25-11-7-8-15(12-25)20-24-16-9-5-6-10-17(16)29-20/h5-6,9-10,15,23H,4,7-8,11-12H2,1-3H3/t15-/m0/s1. The molecule has 29 heavy (non-hydrogen) atoms. The zero-order valence-corrected chi connectivity index (χ0v) is 17.8. The number of esters is 1. The quantitative estimate of drug-likeness (QED) is 0.644. The number of para-hydroxylation sites is 1. The van der Waals surface area contributed by atoms with Crippen LogP contribution in [0.5, 0.6) is 0 Å². The topological polar surface area (TPSA) is 75.3 Å². The first kappa shape index (κ1) is 19.6. The van der Waals surface area contributed by atoms with Gasteiger partial charge in [-0.15, -0.1) is 11.3 Å². The maximum Gasteiger partial charge on any atom is 0.355 e. The van der Waals surface area contributed by atoms with Crippen LogP contribution in [0.15, 0.2) is 24.3 Å². The Balaban J connectivity index is 1.57. The number of benzene rings is 1. The number of carbonyl (C=O) groups excluding carboxylic acids is 2. The molecule has 0 spiro atoms. The molecule has 1 aromatic carbocycles. The molecule has 1 aliphatic rings. The molecule has 0 unspecified atom stereocenters. The van der Waals surface area contributed by atoms with Gasteiger partial charge >= 0.3 is 5.97 Å². The van der Waals surface area contributed by atoms with Crippen LogP contribution < -0.4 is 0 Å². The third kappa shape index (κ3) is 3.67. The second-order valence-corrected chi connectivity index (χ2v) is 8.52. The third-order valence-electron chi connectivity index (χ3n) is 5.50. The highest BCUT2D eigenvalue weighted by molar-refractivity contribution is 7.18. The molecular weight excluding hydrogens is 386 g/mol. The molecule has 4 rings (SSSR count). The van der Waals surface area contributed by atoms with Crippen molar-refractivity contribution in [1.82, 2.24) is 14.9 Å². The summed E-state index contributed by atoms with van der Waals surface area (Å²) < 4.78 is 6.29. The summed E-state index contributed by atoms with van der Waals surface area (Å²) in [5.41, 5.74) is 3.34. The average molecular weight is 412 g/mol. The minimum atomic E-state index is -0.418. The lowest BCUT2D eigenvalue weighted by Gasteiger charge is -2.32. The number of likely N-dealkylation sites (tertiary alicyclic amines) is 1. The van der Waals surface area contributed by atoms with Gasteiger partial charge in [0.15, 0.2) is 0 Å². The number of rotatable bonds is 4. The van der Waals surface area contributed by atoms with Crippen molar-refractivity contribution in [3.8, 4) is 0 Å². The normalized spacial score (nSPS) is 16.9. The second-order valence-electron chi connectivity index (χ2n) is 7.46. The first-order valence-electron chi connectivity index (χ1n) is 10.0. The highest BCUT2D eigenvalue weighted by Gasteiger charge is 2.31. The van der Waals surface area contributed by atoms with Crippen molar-refractivity contribution < 1.29 is 14.3 Å². The molecule has 0 bridgehead atoms. The van der Waals surface area contributed by atoms with Crippen LogP contribution in [0, 0.1) is 13.8 Å². The number of hydrogen-bond donors (Lipinski definition) is 1. The zero-order valence-electron chi connectivity index (χ0n) is 16.9. The van der Waals surface area contributed by atoms with E-state index in [2.05, 4.69) is 11.1 Å². The number of fused-ring (bicyclic) bond motifs is 1. The summed E-state index contributed by atoms with van der Waals surface area (Å²) in [6.07, 6.45) is 1.97. The van der Waals surface area contributed by atoms with Crippen molar-refractivity contribution in [2.75, 3.05) is 19.7 Å². The molecule has 1 fully saturated rings. The number of aryl methyl sites for hydroxylation is 1. The maximum atomic E-state index is 13.3. The summed E-state index contributed by atoms with van der Waals surface area (Å²) in [7, 11) is 0. The summed E-state index contributed by atoms with van der Waals surface area (Å²) in [6.45, 7) is 7.08. The fourth-order valence-electron chi connectivity index (χ4n) is 4.06. The Morgan fingerprint density at radius 2 is 2.10 bits per heavy atom. The molecule has 1 amide bonds. The summed E-state index contributed by atoms with van der Waals surface area (Å²) in [6, 6.07) is 8.15. The molecule has 1 N–H and O–H groups in total. The Morgan fingerprint density at radius 3 is 2.86 bits per heavy atom. The molecular formula is C22H25N3O3S. The van der Waals surface area contributed by atoms with Gasteiger partial charge < -0.3 is 14.6 Å². The maximum absolute atomic E-state index is 13.3. The Labute approximate surface area is 173 Å². The van der Waals surface area contributed by atoms with Crippen molar-refractivity contribution in [2.24, 2.45) is 0 Å². The Bertz CT molecular complexity index is 1040. The van der Waals surface area contributed by atoms with E-state index < -0.39 is 5.97 Å². The summed E-state index contributed by atoms with van der Waals surface area (Å²) in [5.74, 6) is -0.204. The molecule has 2 aromatic heterocycles. The van der Waals surface area contributed by atoms with E-state index in [0.717, 1.165) is 29.9 Å². The van der Waals surface area contributed by atoms with Gasteiger partial charge in [0.05, 0.1) is 27.4 Å². The van der Waals surface area contributed by atoms with E-state index in [4.69, 9.17) is 9.72 Å². The fourth-order valence-corrected chi connectivity index (χ4v) is 5.16. The summed E-state index contributed by atoms with van der Waals surface area (Å²) in [5, 5.41) is 1.10. The van der Waals surface area contributed by atoms with E-state index in [1.165, 1.54) is 4.70 Å². The van der Waals surface area contributed by atoms with E-state index in [-0.39, 0.29) is 11.8 Å². The van der Waals surface area contributed by atoms with Crippen LogP contribution in [-0.4, -0.2) is 46.4 Å². The second kappa shape index (κ2) is 7.99. The predicted molar refractivity (Wildman–Crippen MR) is 114 cm³/mol. The van der Waals surface area contributed by atoms with Crippen LogP contribution in [0.4, 0.5) is 0 Å². The summed E-state index contributed by atoms with van der Waals surface area (Å²) >= 11 is 1.72. The number of nitrogens with zero attached hydrogens (tertiary/aromatic N) is 2. The number of thiazole rings is 1. The molecule has 0 saturated carbocycles. The lowest BCUT2D eigenvalue weighted by molar-refractivity contribution is 0.0519. The Morgan fingerprint density at radius 1 is 1.31 bits per heavy atom. The van der Waals surface area contributed by atoms with Crippen LogP contribution in [0.2, 0.25) is 0 Å². The van der Waals surface area contributed by atoms with E-state index >= 15 is 0 Å². The number of carbonyl (C=O) groups is 2. The van der Waals surface area contributed by atoms with Gasteiger partial charge in [-0.2, -0.15) is 0 Å². The van der Waals surface area contributed by atoms with Gasteiger partial charge in [-0.3, -0.25) is 4.79 Å². The molecule has 152 valence electrons. The average Bonchev–Trinajstić information content (AvgIpc) is 3.28. The molecule has 1 atom stereocenters. The summed E-state index contributed by atoms with van der Waals surface area (Å²) in [4.78, 5) is 35.2.